The van der Waals surface area contributed by atoms with Gasteiger partial charge in [-0.3, -0.25) is 4.79 Å². The van der Waals surface area contributed by atoms with Crippen molar-refractivity contribution in [3.05, 3.63) is 23.0 Å². The van der Waals surface area contributed by atoms with Gasteiger partial charge in [-0.15, -0.1) is 0 Å². The standard InChI is InChI=1S/C20H28N2O3/c1-13-5-15(14(2)22-21-13)6-25-16(23)19-8-17(3)7-18(4,9-19)11-20(24,10-17)12-19/h5,24H,6-12H2,1-4H3. The Morgan fingerprint density at radius 1 is 1.08 bits per heavy atom. The van der Waals surface area contributed by atoms with Gasteiger partial charge < -0.3 is 9.84 Å². The molecule has 1 aromatic heterocycles. The van der Waals surface area contributed by atoms with Gasteiger partial charge in [0, 0.05) is 5.56 Å². The summed E-state index contributed by atoms with van der Waals surface area (Å²) in [6, 6.07) is 1.92. The van der Waals surface area contributed by atoms with Crippen molar-refractivity contribution in [3.63, 3.8) is 0 Å². The molecule has 0 aliphatic heterocycles. The fourth-order valence-corrected chi connectivity index (χ4v) is 6.90. The van der Waals surface area contributed by atoms with Crippen LogP contribution in [0.25, 0.3) is 0 Å². The highest BCUT2D eigenvalue weighted by atomic mass is 16.5. The van der Waals surface area contributed by atoms with Gasteiger partial charge in [0.15, 0.2) is 0 Å². The number of rotatable bonds is 3. The van der Waals surface area contributed by atoms with E-state index in [1.165, 1.54) is 0 Å². The van der Waals surface area contributed by atoms with Crippen molar-refractivity contribution in [2.45, 2.75) is 78.4 Å². The second-order valence-corrected chi connectivity index (χ2v) is 9.86. The predicted molar refractivity (Wildman–Crippen MR) is 92.6 cm³/mol. The number of aliphatic hydroxyl groups is 1. The van der Waals surface area contributed by atoms with E-state index in [0.717, 1.165) is 49.1 Å². The summed E-state index contributed by atoms with van der Waals surface area (Å²) in [5, 5.41) is 19.2. The number of carbonyl (C=O) groups excluding carboxylic acids is 1. The number of carbonyl (C=O) groups is 1. The lowest BCUT2D eigenvalue weighted by atomic mass is 9.39. The van der Waals surface area contributed by atoms with Crippen molar-refractivity contribution in [3.8, 4) is 0 Å². The maximum absolute atomic E-state index is 13.1. The van der Waals surface area contributed by atoms with Gasteiger partial charge in [0.1, 0.15) is 6.61 Å². The van der Waals surface area contributed by atoms with Crippen LogP contribution in [-0.2, 0) is 16.1 Å². The van der Waals surface area contributed by atoms with Crippen LogP contribution in [0.5, 0.6) is 0 Å². The highest BCUT2D eigenvalue weighted by Crippen LogP contribution is 2.71. The SMILES string of the molecule is Cc1cc(COC(=O)C23CC4(C)CC(C)(CC(O)(C4)C2)C3)c(C)nn1. The summed E-state index contributed by atoms with van der Waals surface area (Å²) < 4.78 is 5.77. The van der Waals surface area contributed by atoms with Crippen LogP contribution in [0.1, 0.15) is 69.3 Å². The summed E-state index contributed by atoms with van der Waals surface area (Å²) in [7, 11) is 0. The summed E-state index contributed by atoms with van der Waals surface area (Å²) in [4.78, 5) is 13.1. The molecule has 4 aliphatic carbocycles. The third-order valence-electron chi connectivity index (χ3n) is 6.56. The molecular weight excluding hydrogens is 316 g/mol. The predicted octanol–water partition coefficient (Wildman–Crippen LogP) is 3.25. The molecule has 0 spiro atoms. The molecule has 0 saturated heterocycles. The molecule has 1 heterocycles. The van der Waals surface area contributed by atoms with Gasteiger partial charge in [0.2, 0.25) is 0 Å². The average molecular weight is 344 g/mol. The van der Waals surface area contributed by atoms with Crippen molar-refractivity contribution in [1.29, 1.82) is 0 Å². The fraction of sp³-hybridized carbons (Fsp3) is 0.750. The van der Waals surface area contributed by atoms with E-state index in [1.807, 2.05) is 19.9 Å². The zero-order valence-electron chi connectivity index (χ0n) is 15.7. The van der Waals surface area contributed by atoms with Crippen LogP contribution in [0, 0.1) is 30.1 Å². The molecule has 1 N–H and O–H groups in total. The molecule has 4 bridgehead atoms. The smallest absolute Gasteiger partial charge is 0.312 e. The highest BCUT2D eigenvalue weighted by molar-refractivity contribution is 5.78. The largest absolute Gasteiger partial charge is 0.460 e. The normalized spacial score (nSPS) is 41.8. The van der Waals surface area contributed by atoms with Gasteiger partial charge in [-0.1, -0.05) is 13.8 Å². The van der Waals surface area contributed by atoms with Crippen molar-refractivity contribution in [2.24, 2.45) is 16.2 Å². The van der Waals surface area contributed by atoms with Crippen molar-refractivity contribution >= 4 is 5.97 Å². The Morgan fingerprint density at radius 2 is 1.72 bits per heavy atom. The molecule has 5 rings (SSSR count). The first kappa shape index (κ1) is 17.0. The Bertz CT molecular complexity index is 691. The first-order valence-corrected chi connectivity index (χ1v) is 9.24. The van der Waals surface area contributed by atoms with Crippen LogP contribution in [0.15, 0.2) is 6.07 Å². The van der Waals surface area contributed by atoms with Crippen LogP contribution < -0.4 is 0 Å². The lowest BCUT2D eigenvalue weighted by Gasteiger charge is -2.66. The Labute approximate surface area is 149 Å². The van der Waals surface area contributed by atoms with E-state index in [9.17, 15) is 9.90 Å². The lowest BCUT2D eigenvalue weighted by molar-refractivity contribution is -0.234. The van der Waals surface area contributed by atoms with Crippen LogP contribution in [-0.4, -0.2) is 26.9 Å². The quantitative estimate of drug-likeness (QED) is 0.852. The van der Waals surface area contributed by atoms with Crippen LogP contribution in [0.4, 0.5) is 0 Å². The molecule has 1 aromatic rings. The molecule has 2 unspecified atom stereocenters. The molecule has 5 heteroatoms. The Kier molecular flexibility index (Phi) is 3.41. The molecule has 5 nitrogen and oxygen atoms in total. The van der Waals surface area contributed by atoms with Crippen molar-refractivity contribution < 1.29 is 14.6 Å². The second-order valence-electron chi connectivity index (χ2n) is 9.86. The van der Waals surface area contributed by atoms with Crippen LogP contribution >= 0.6 is 0 Å². The number of aryl methyl sites for hydroxylation is 2. The van der Waals surface area contributed by atoms with Gasteiger partial charge in [-0.25, -0.2) is 0 Å². The van der Waals surface area contributed by atoms with Gasteiger partial charge in [-0.05, 0) is 69.3 Å². The molecule has 4 fully saturated rings. The molecule has 25 heavy (non-hydrogen) atoms. The summed E-state index contributed by atoms with van der Waals surface area (Å²) in [6.45, 7) is 8.46. The third-order valence-corrected chi connectivity index (χ3v) is 6.56. The molecule has 0 aromatic carbocycles. The van der Waals surface area contributed by atoms with Crippen LogP contribution in [0.3, 0.4) is 0 Å². The van der Waals surface area contributed by atoms with E-state index >= 15 is 0 Å². The zero-order chi connectivity index (χ0) is 18.1. The average Bonchev–Trinajstić information content (AvgIpc) is 2.42. The zero-order valence-corrected chi connectivity index (χ0v) is 15.7. The number of aromatic nitrogens is 2. The van der Waals surface area contributed by atoms with E-state index in [-0.39, 0.29) is 23.4 Å². The highest BCUT2D eigenvalue weighted by Gasteiger charge is 2.68. The first-order valence-electron chi connectivity index (χ1n) is 9.24. The topological polar surface area (TPSA) is 72.3 Å². The second kappa shape index (κ2) is 5.03. The molecule has 4 aliphatic rings. The molecule has 2 atom stereocenters. The monoisotopic (exact) mass is 344 g/mol. The minimum absolute atomic E-state index is 0.0436. The summed E-state index contributed by atoms with van der Waals surface area (Å²) in [5.74, 6) is -0.142. The number of ether oxygens (including phenoxy) is 1. The van der Waals surface area contributed by atoms with Crippen molar-refractivity contribution in [2.75, 3.05) is 0 Å². The third kappa shape index (κ3) is 2.77. The van der Waals surface area contributed by atoms with E-state index < -0.39 is 11.0 Å². The lowest BCUT2D eigenvalue weighted by Crippen LogP contribution is -2.64. The Hall–Kier alpha value is -1.49. The van der Waals surface area contributed by atoms with E-state index in [1.54, 1.807) is 0 Å². The Morgan fingerprint density at radius 3 is 2.32 bits per heavy atom. The molecular formula is C20H28N2O3. The van der Waals surface area contributed by atoms with Crippen molar-refractivity contribution in [1.82, 2.24) is 10.2 Å². The molecule has 136 valence electrons. The fourth-order valence-electron chi connectivity index (χ4n) is 6.90. The minimum atomic E-state index is -0.706. The van der Waals surface area contributed by atoms with Gasteiger partial charge in [0.25, 0.3) is 0 Å². The summed E-state index contributed by atoms with van der Waals surface area (Å²) >= 11 is 0. The maximum atomic E-state index is 13.1. The maximum Gasteiger partial charge on any atom is 0.312 e. The number of esters is 1. The van der Waals surface area contributed by atoms with E-state index in [2.05, 4.69) is 24.0 Å². The molecule has 0 amide bonds. The summed E-state index contributed by atoms with van der Waals surface area (Å²) in [6.07, 6.45) is 4.96. The van der Waals surface area contributed by atoms with Crippen LogP contribution in [0.2, 0.25) is 0 Å². The van der Waals surface area contributed by atoms with Gasteiger partial charge >= 0.3 is 5.97 Å². The van der Waals surface area contributed by atoms with E-state index in [4.69, 9.17) is 4.74 Å². The molecule has 0 radical (unpaired) electrons. The van der Waals surface area contributed by atoms with Gasteiger partial charge in [-0.2, -0.15) is 10.2 Å². The summed E-state index contributed by atoms with van der Waals surface area (Å²) in [5.41, 5.74) is 1.37. The number of hydrogen-bond donors (Lipinski definition) is 1. The van der Waals surface area contributed by atoms with E-state index in [0.29, 0.717) is 6.42 Å². The molecule has 4 saturated carbocycles. The number of hydrogen-bond acceptors (Lipinski definition) is 5. The van der Waals surface area contributed by atoms with Gasteiger partial charge in [0.05, 0.1) is 22.4 Å². The number of nitrogens with zero attached hydrogens (tertiary/aromatic N) is 2. The first-order chi connectivity index (χ1) is 11.5. The Balaban J connectivity index is 1.57. The minimum Gasteiger partial charge on any atom is -0.460 e.